The summed E-state index contributed by atoms with van der Waals surface area (Å²) in [6, 6.07) is 4.03. The molecular weight excluding hydrogens is 272 g/mol. The first-order chi connectivity index (χ1) is 8.79. The SMILES string of the molecule is COCCS(=O)(=O)N(C)c1ccc(N)cc1C(=O)O. The molecule has 0 heterocycles. The molecule has 0 saturated heterocycles. The highest BCUT2D eigenvalue weighted by molar-refractivity contribution is 7.92. The van der Waals surface area contributed by atoms with Crippen molar-refractivity contribution in [2.75, 3.05) is 36.6 Å². The first-order valence-corrected chi connectivity index (χ1v) is 6.99. The lowest BCUT2D eigenvalue weighted by atomic mass is 10.1. The lowest BCUT2D eigenvalue weighted by molar-refractivity contribution is 0.0698. The minimum atomic E-state index is -3.64. The van der Waals surface area contributed by atoms with Gasteiger partial charge in [0, 0.05) is 19.8 Å². The standard InChI is InChI=1S/C11H16N2O5S/c1-13(19(16,17)6-5-18-2)10-4-3-8(12)7-9(10)11(14)15/h3-4,7H,5-6,12H2,1-2H3,(H,14,15). The number of benzene rings is 1. The molecule has 0 aliphatic rings. The van der Waals surface area contributed by atoms with Gasteiger partial charge in [0.05, 0.1) is 23.6 Å². The van der Waals surface area contributed by atoms with E-state index in [2.05, 4.69) is 0 Å². The molecular formula is C11H16N2O5S. The van der Waals surface area contributed by atoms with Gasteiger partial charge in [-0.05, 0) is 18.2 Å². The number of hydrogen-bond acceptors (Lipinski definition) is 5. The van der Waals surface area contributed by atoms with Gasteiger partial charge in [-0.15, -0.1) is 0 Å². The fourth-order valence-electron chi connectivity index (χ4n) is 1.47. The summed E-state index contributed by atoms with van der Waals surface area (Å²) < 4.78 is 29.6. The zero-order valence-electron chi connectivity index (χ0n) is 10.7. The fourth-order valence-corrected chi connectivity index (χ4v) is 2.59. The van der Waals surface area contributed by atoms with Crippen LogP contribution in [0.1, 0.15) is 10.4 Å². The number of rotatable bonds is 6. The zero-order chi connectivity index (χ0) is 14.6. The number of nitrogen functional groups attached to an aromatic ring is 1. The Kier molecular flexibility index (Phi) is 4.73. The molecule has 1 rings (SSSR count). The van der Waals surface area contributed by atoms with Crippen molar-refractivity contribution in [3.8, 4) is 0 Å². The average molecular weight is 288 g/mol. The fraction of sp³-hybridized carbons (Fsp3) is 0.364. The molecule has 0 aliphatic heterocycles. The second kappa shape index (κ2) is 5.89. The number of nitrogens with two attached hydrogens (primary N) is 1. The van der Waals surface area contributed by atoms with Gasteiger partial charge in [0.15, 0.2) is 0 Å². The van der Waals surface area contributed by atoms with Gasteiger partial charge in [0.1, 0.15) is 0 Å². The first-order valence-electron chi connectivity index (χ1n) is 5.38. The third-order valence-electron chi connectivity index (χ3n) is 2.55. The minimum Gasteiger partial charge on any atom is -0.478 e. The van der Waals surface area contributed by atoms with Gasteiger partial charge in [-0.2, -0.15) is 0 Å². The predicted octanol–water partition coefficient (Wildman–Crippen LogP) is 0.379. The van der Waals surface area contributed by atoms with Crippen molar-refractivity contribution in [1.82, 2.24) is 0 Å². The highest BCUT2D eigenvalue weighted by Crippen LogP contribution is 2.24. The second-order valence-corrected chi connectivity index (χ2v) is 5.98. The molecule has 0 amide bonds. The molecule has 0 bridgehead atoms. The van der Waals surface area contributed by atoms with Crippen LogP contribution in [0.15, 0.2) is 18.2 Å². The topological polar surface area (TPSA) is 110 Å². The summed E-state index contributed by atoms with van der Waals surface area (Å²) in [5, 5.41) is 9.08. The van der Waals surface area contributed by atoms with E-state index < -0.39 is 16.0 Å². The van der Waals surface area contributed by atoms with E-state index in [-0.39, 0.29) is 29.3 Å². The van der Waals surface area contributed by atoms with E-state index in [1.54, 1.807) is 0 Å². The van der Waals surface area contributed by atoms with E-state index in [0.29, 0.717) is 0 Å². The third-order valence-corrected chi connectivity index (χ3v) is 4.27. The summed E-state index contributed by atoms with van der Waals surface area (Å²) in [4.78, 5) is 11.1. The summed E-state index contributed by atoms with van der Waals surface area (Å²) in [5.41, 5.74) is 5.66. The van der Waals surface area contributed by atoms with Crippen LogP contribution in [0.2, 0.25) is 0 Å². The number of carboxylic acids is 1. The van der Waals surface area contributed by atoms with Crippen LogP contribution in [0.3, 0.4) is 0 Å². The van der Waals surface area contributed by atoms with E-state index in [0.717, 1.165) is 4.31 Å². The summed E-state index contributed by atoms with van der Waals surface area (Å²) in [7, 11) is -0.955. The Labute approximate surface area is 111 Å². The summed E-state index contributed by atoms with van der Waals surface area (Å²) in [6.07, 6.45) is 0. The van der Waals surface area contributed by atoms with Crippen LogP contribution in [0.25, 0.3) is 0 Å². The Morgan fingerprint density at radius 1 is 1.47 bits per heavy atom. The van der Waals surface area contributed by atoms with Crippen LogP contribution in [0.4, 0.5) is 11.4 Å². The van der Waals surface area contributed by atoms with Gasteiger partial charge < -0.3 is 15.6 Å². The Hall–Kier alpha value is -1.80. The smallest absolute Gasteiger partial charge is 0.337 e. The number of carboxylic acid groups (broad SMARTS) is 1. The van der Waals surface area contributed by atoms with Crippen LogP contribution in [-0.2, 0) is 14.8 Å². The highest BCUT2D eigenvalue weighted by Gasteiger charge is 2.23. The van der Waals surface area contributed by atoms with Crippen LogP contribution in [-0.4, -0.2) is 46.0 Å². The van der Waals surface area contributed by atoms with Crippen LogP contribution < -0.4 is 10.0 Å². The van der Waals surface area contributed by atoms with Crippen molar-refractivity contribution in [1.29, 1.82) is 0 Å². The van der Waals surface area contributed by atoms with Gasteiger partial charge in [0.25, 0.3) is 0 Å². The summed E-state index contributed by atoms with van der Waals surface area (Å²) in [5.74, 6) is -1.47. The van der Waals surface area contributed by atoms with Crippen molar-refractivity contribution < 1.29 is 23.1 Å². The molecule has 0 unspecified atom stereocenters. The monoisotopic (exact) mass is 288 g/mol. The van der Waals surface area contributed by atoms with Gasteiger partial charge in [-0.25, -0.2) is 13.2 Å². The molecule has 8 heteroatoms. The largest absolute Gasteiger partial charge is 0.478 e. The molecule has 0 spiro atoms. The Morgan fingerprint density at radius 3 is 2.63 bits per heavy atom. The van der Waals surface area contributed by atoms with Crippen molar-refractivity contribution in [2.24, 2.45) is 0 Å². The van der Waals surface area contributed by atoms with Gasteiger partial charge in [-0.3, -0.25) is 4.31 Å². The number of sulfonamides is 1. The van der Waals surface area contributed by atoms with E-state index in [1.165, 1.54) is 32.4 Å². The number of anilines is 2. The Balaban J connectivity index is 3.19. The van der Waals surface area contributed by atoms with Gasteiger partial charge in [-0.1, -0.05) is 0 Å². The van der Waals surface area contributed by atoms with Crippen LogP contribution >= 0.6 is 0 Å². The molecule has 1 aromatic rings. The van der Waals surface area contributed by atoms with Crippen molar-refractivity contribution in [3.05, 3.63) is 23.8 Å². The number of aromatic carboxylic acids is 1. The molecule has 19 heavy (non-hydrogen) atoms. The average Bonchev–Trinajstić information content (AvgIpc) is 2.35. The van der Waals surface area contributed by atoms with Gasteiger partial charge >= 0.3 is 5.97 Å². The quantitative estimate of drug-likeness (QED) is 0.732. The molecule has 1 aromatic carbocycles. The molecule has 0 aromatic heterocycles. The van der Waals surface area contributed by atoms with Crippen LogP contribution in [0, 0.1) is 0 Å². The molecule has 7 nitrogen and oxygen atoms in total. The molecule has 0 radical (unpaired) electrons. The lowest BCUT2D eigenvalue weighted by Gasteiger charge is -2.21. The Morgan fingerprint density at radius 2 is 2.11 bits per heavy atom. The van der Waals surface area contributed by atoms with E-state index >= 15 is 0 Å². The van der Waals surface area contributed by atoms with Crippen molar-refractivity contribution in [3.63, 3.8) is 0 Å². The molecule has 0 aliphatic carbocycles. The highest BCUT2D eigenvalue weighted by atomic mass is 32.2. The van der Waals surface area contributed by atoms with E-state index in [1.807, 2.05) is 0 Å². The van der Waals surface area contributed by atoms with E-state index in [4.69, 9.17) is 15.6 Å². The van der Waals surface area contributed by atoms with Crippen molar-refractivity contribution in [2.45, 2.75) is 0 Å². The normalized spacial score (nSPS) is 11.3. The molecule has 0 fully saturated rings. The second-order valence-electron chi connectivity index (χ2n) is 3.86. The predicted molar refractivity (Wildman–Crippen MR) is 71.9 cm³/mol. The number of carbonyl (C=O) groups is 1. The maximum Gasteiger partial charge on any atom is 0.337 e. The lowest BCUT2D eigenvalue weighted by Crippen LogP contribution is -2.31. The first kappa shape index (κ1) is 15.3. The van der Waals surface area contributed by atoms with E-state index in [9.17, 15) is 13.2 Å². The molecule has 3 N–H and O–H groups in total. The minimum absolute atomic E-state index is 0.0318. The summed E-state index contributed by atoms with van der Waals surface area (Å²) >= 11 is 0. The zero-order valence-corrected chi connectivity index (χ0v) is 11.5. The molecule has 0 saturated carbocycles. The Bertz CT molecular complexity index is 570. The number of methoxy groups -OCH3 is 1. The van der Waals surface area contributed by atoms with Gasteiger partial charge in [0.2, 0.25) is 10.0 Å². The number of nitrogens with zero attached hydrogens (tertiary/aromatic N) is 1. The van der Waals surface area contributed by atoms with Crippen molar-refractivity contribution >= 4 is 27.4 Å². The molecule has 106 valence electrons. The molecule has 0 atom stereocenters. The van der Waals surface area contributed by atoms with Crippen LogP contribution in [0.5, 0.6) is 0 Å². The number of hydrogen-bond donors (Lipinski definition) is 2. The number of ether oxygens (including phenoxy) is 1. The maximum absolute atomic E-state index is 12.0. The third kappa shape index (κ3) is 3.58. The maximum atomic E-state index is 12.0. The summed E-state index contributed by atoms with van der Waals surface area (Å²) in [6.45, 7) is 0.0318.